The number of carbonyl (C=O) groups is 1. The van der Waals surface area contributed by atoms with Gasteiger partial charge in [-0.25, -0.2) is 0 Å². The van der Waals surface area contributed by atoms with Gasteiger partial charge in [-0.05, 0) is 20.0 Å². The number of nitrogens with one attached hydrogen (secondary N) is 1. The lowest BCUT2D eigenvalue weighted by Gasteiger charge is -2.37. The maximum atomic E-state index is 12.5. The van der Waals surface area contributed by atoms with Gasteiger partial charge < -0.3 is 14.4 Å². The van der Waals surface area contributed by atoms with E-state index in [4.69, 9.17) is 4.52 Å². The lowest BCUT2D eigenvalue weighted by Crippen LogP contribution is -2.49. The van der Waals surface area contributed by atoms with Crippen molar-refractivity contribution in [1.29, 1.82) is 0 Å². The molecule has 0 radical (unpaired) electrons. The Bertz CT molecular complexity index is 718. The zero-order chi connectivity index (χ0) is 15.7. The first-order chi connectivity index (χ1) is 10.5. The number of nitrogens with zero attached hydrogens (tertiary/aromatic N) is 4. The third-order valence-electron chi connectivity index (χ3n) is 3.79. The molecular weight excluding hydrogens is 286 g/mol. The Morgan fingerprint density at radius 2 is 2.23 bits per heavy atom. The number of H-pyrrole nitrogens is 1. The summed E-state index contributed by atoms with van der Waals surface area (Å²) in [5.41, 5.74) is 0.235. The van der Waals surface area contributed by atoms with E-state index in [1.807, 2.05) is 7.05 Å². The third kappa shape index (κ3) is 2.77. The Hall–Kier alpha value is -2.48. The molecule has 1 aliphatic rings. The van der Waals surface area contributed by atoms with Gasteiger partial charge in [0, 0.05) is 31.9 Å². The first-order valence-corrected chi connectivity index (χ1v) is 7.03. The van der Waals surface area contributed by atoms with Gasteiger partial charge in [0.1, 0.15) is 6.04 Å². The SMILES string of the molecule is Cc1noc(C2CN(C(=O)c3ccc(=O)[nH]c3)CCN2C)n1. The summed E-state index contributed by atoms with van der Waals surface area (Å²) in [5, 5.41) is 3.81. The summed E-state index contributed by atoms with van der Waals surface area (Å²) in [4.78, 5) is 34.2. The van der Waals surface area contributed by atoms with Crippen molar-refractivity contribution in [3.8, 4) is 0 Å². The second-order valence-corrected chi connectivity index (χ2v) is 5.37. The molecule has 0 bridgehead atoms. The predicted octanol–water partition coefficient (Wildman–Crippen LogP) is 0.195. The molecule has 0 aromatic carbocycles. The molecule has 2 aromatic rings. The van der Waals surface area contributed by atoms with Gasteiger partial charge in [0.15, 0.2) is 5.82 Å². The van der Waals surface area contributed by atoms with Crippen LogP contribution in [0.5, 0.6) is 0 Å². The monoisotopic (exact) mass is 303 g/mol. The highest BCUT2D eigenvalue weighted by Gasteiger charge is 2.32. The second kappa shape index (κ2) is 5.72. The van der Waals surface area contributed by atoms with Crippen LogP contribution >= 0.6 is 0 Å². The van der Waals surface area contributed by atoms with Crippen LogP contribution in [0.3, 0.4) is 0 Å². The van der Waals surface area contributed by atoms with Crippen molar-refractivity contribution in [3.63, 3.8) is 0 Å². The largest absolute Gasteiger partial charge is 0.338 e. The van der Waals surface area contributed by atoms with Gasteiger partial charge in [-0.15, -0.1) is 0 Å². The zero-order valence-corrected chi connectivity index (χ0v) is 12.4. The van der Waals surface area contributed by atoms with Crippen LogP contribution in [-0.2, 0) is 0 Å². The van der Waals surface area contributed by atoms with Gasteiger partial charge >= 0.3 is 0 Å². The Kier molecular flexibility index (Phi) is 3.76. The summed E-state index contributed by atoms with van der Waals surface area (Å²) in [6, 6.07) is 2.76. The van der Waals surface area contributed by atoms with E-state index in [0.717, 1.165) is 0 Å². The van der Waals surface area contributed by atoms with Gasteiger partial charge in [-0.3, -0.25) is 14.5 Å². The normalized spacial score (nSPS) is 19.4. The summed E-state index contributed by atoms with van der Waals surface area (Å²) in [6.45, 7) is 3.55. The summed E-state index contributed by atoms with van der Waals surface area (Å²) >= 11 is 0. The number of amides is 1. The topological polar surface area (TPSA) is 95.3 Å². The number of aryl methyl sites for hydroxylation is 1. The number of aromatic amines is 1. The Labute approximate surface area is 126 Å². The van der Waals surface area contributed by atoms with Crippen molar-refractivity contribution in [2.75, 3.05) is 26.7 Å². The maximum absolute atomic E-state index is 12.5. The standard InChI is InChI=1S/C14H17N5O3/c1-9-16-13(22-17-9)11-8-19(6-5-18(11)2)14(21)10-3-4-12(20)15-7-10/h3-4,7,11H,5-6,8H2,1-2H3,(H,15,20). The van der Waals surface area contributed by atoms with E-state index in [1.54, 1.807) is 11.8 Å². The second-order valence-electron chi connectivity index (χ2n) is 5.37. The fraction of sp³-hybridized carbons (Fsp3) is 0.429. The highest BCUT2D eigenvalue weighted by atomic mass is 16.5. The fourth-order valence-corrected chi connectivity index (χ4v) is 2.50. The van der Waals surface area contributed by atoms with Gasteiger partial charge in [-0.1, -0.05) is 5.16 Å². The van der Waals surface area contributed by atoms with Crippen molar-refractivity contribution < 1.29 is 9.32 Å². The number of pyridine rings is 1. The Morgan fingerprint density at radius 1 is 1.41 bits per heavy atom. The molecule has 3 heterocycles. The maximum Gasteiger partial charge on any atom is 0.255 e. The number of rotatable bonds is 2. The molecule has 1 atom stereocenters. The smallest absolute Gasteiger partial charge is 0.255 e. The van der Waals surface area contributed by atoms with Crippen LogP contribution in [0.4, 0.5) is 0 Å². The first kappa shape index (κ1) is 14.5. The highest BCUT2D eigenvalue weighted by Crippen LogP contribution is 2.23. The van der Waals surface area contributed by atoms with E-state index in [9.17, 15) is 9.59 Å². The van der Waals surface area contributed by atoms with Gasteiger partial charge in [0.05, 0.1) is 5.56 Å². The van der Waals surface area contributed by atoms with E-state index < -0.39 is 0 Å². The van der Waals surface area contributed by atoms with E-state index in [0.29, 0.717) is 36.9 Å². The van der Waals surface area contributed by atoms with Crippen LogP contribution in [0, 0.1) is 6.92 Å². The van der Waals surface area contributed by atoms with Crippen LogP contribution in [0.2, 0.25) is 0 Å². The lowest BCUT2D eigenvalue weighted by molar-refractivity contribution is 0.0488. The summed E-state index contributed by atoms with van der Waals surface area (Å²) in [7, 11) is 1.96. The van der Waals surface area contributed by atoms with Crippen LogP contribution < -0.4 is 5.56 Å². The molecule has 1 aliphatic heterocycles. The molecule has 0 aliphatic carbocycles. The molecule has 1 unspecified atom stereocenters. The van der Waals surface area contributed by atoms with Crippen molar-refractivity contribution in [2.24, 2.45) is 0 Å². The summed E-state index contributed by atoms with van der Waals surface area (Å²) in [5.74, 6) is 0.969. The zero-order valence-electron chi connectivity index (χ0n) is 12.4. The number of likely N-dealkylation sites (N-methyl/N-ethyl adjacent to an activating group) is 1. The Morgan fingerprint density at radius 3 is 2.86 bits per heavy atom. The summed E-state index contributed by atoms with van der Waals surface area (Å²) < 4.78 is 5.24. The molecule has 1 fully saturated rings. The van der Waals surface area contributed by atoms with Crippen LogP contribution in [-0.4, -0.2) is 57.5 Å². The van der Waals surface area contributed by atoms with Gasteiger partial charge in [0.2, 0.25) is 11.4 Å². The fourth-order valence-electron chi connectivity index (χ4n) is 2.50. The van der Waals surface area contributed by atoms with E-state index in [1.165, 1.54) is 18.3 Å². The minimum atomic E-state index is -0.228. The van der Waals surface area contributed by atoms with Gasteiger partial charge in [-0.2, -0.15) is 4.98 Å². The molecule has 8 nitrogen and oxygen atoms in total. The van der Waals surface area contributed by atoms with Crippen LogP contribution in [0.25, 0.3) is 0 Å². The molecule has 8 heteroatoms. The average molecular weight is 303 g/mol. The molecular formula is C14H17N5O3. The minimum Gasteiger partial charge on any atom is -0.338 e. The summed E-state index contributed by atoms with van der Waals surface area (Å²) in [6.07, 6.45) is 1.44. The van der Waals surface area contributed by atoms with E-state index in [-0.39, 0.29) is 17.5 Å². The minimum absolute atomic E-state index is 0.120. The number of carbonyl (C=O) groups excluding carboxylic acids is 1. The van der Waals surface area contributed by atoms with Crippen molar-refractivity contribution in [2.45, 2.75) is 13.0 Å². The molecule has 1 saturated heterocycles. The molecule has 1 amide bonds. The molecule has 22 heavy (non-hydrogen) atoms. The first-order valence-electron chi connectivity index (χ1n) is 7.03. The number of hydrogen-bond donors (Lipinski definition) is 1. The van der Waals surface area contributed by atoms with Crippen molar-refractivity contribution in [1.82, 2.24) is 24.9 Å². The lowest BCUT2D eigenvalue weighted by atomic mass is 10.1. The van der Waals surface area contributed by atoms with E-state index >= 15 is 0 Å². The quantitative estimate of drug-likeness (QED) is 0.851. The highest BCUT2D eigenvalue weighted by molar-refractivity contribution is 5.93. The Balaban J connectivity index is 1.79. The van der Waals surface area contributed by atoms with Crippen LogP contribution in [0.1, 0.15) is 28.1 Å². The average Bonchev–Trinajstić information content (AvgIpc) is 2.94. The predicted molar refractivity (Wildman–Crippen MR) is 77.4 cm³/mol. The third-order valence-corrected chi connectivity index (χ3v) is 3.79. The molecule has 1 N–H and O–H groups in total. The number of piperazine rings is 1. The van der Waals surface area contributed by atoms with Crippen molar-refractivity contribution in [3.05, 3.63) is 46.0 Å². The number of aromatic nitrogens is 3. The molecule has 0 saturated carbocycles. The van der Waals surface area contributed by atoms with Gasteiger partial charge in [0.25, 0.3) is 5.91 Å². The van der Waals surface area contributed by atoms with E-state index in [2.05, 4.69) is 20.0 Å². The number of hydrogen-bond acceptors (Lipinski definition) is 6. The van der Waals surface area contributed by atoms with Crippen LogP contribution in [0.15, 0.2) is 27.6 Å². The molecule has 0 spiro atoms. The van der Waals surface area contributed by atoms with Crippen molar-refractivity contribution >= 4 is 5.91 Å². The molecule has 2 aromatic heterocycles. The molecule has 116 valence electrons. The molecule has 3 rings (SSSR count).